The Kier molecular flexibility index (Phi) is 15.9. The molecule has 0 radical (unpaired) electrons. The minimum Gasteiger partial charge on any atom is -0.497 e. The third-order valence-electron chi connectivity index (χ3n) is 17.4. The smallest absolute Gasteiger partial charge is 0.224 e. The van der Waals surface area contributed by atoms with Crippen LogP contribution < -0.4 is 24.3 Å². The molecule has 16 rings (SSSR count). The summed E-state index contributed by atoms with van der Waals surface area (Å²) in [5.41, 5.74) is 9.32. The highest BCUT2D eigenvalue weighted by Gasteiger charge is 2.32. The van der Waals surface area contributed by atoms with Crippen molar-refractivity contribution in [1.82, 2.24) is 44.4 Å². The Labute approximate surface area is 502 Å². The van der Waals surface area contributed by atoms with Gasteiger partial charge in [-0.2, -0.15) is 0 Å². The maximum Gasteiger partial charge on any atom is 0.224 e. The molecule has 0 saturated heterocycles. The second kappa shape index (κ2) is 24.1. The van der Waals surface area contributed by atoms with Gasteiger partial charge in [0.25, 0.3) is 0 Å². The van der Waals surface area contributed by atoms with Crippen molar-refractivity contribution in [3.8, 4) is 5.75 Å². The van der Waals surface area contributed by atoms with E-state index in [0.29, 0.717) is 12.1 Å². The van der Waals surface area contributed by atoms with Crippen molar-refractivity contribution < 1.29 is 9.53 Å². The molecule has 2 fully saturated rings. The van der Waals surface area contributed by atoms with E-state index in [4.69, 9.17) is 14.7 Å². The van der Waals surface area contributed by atoms with Crippen LogP contribution in [-0.2, 0) is 49.9 Å². The highest BCUT2D eigenvalue weighted by atomic mass is 32.1. The van der Waals surface area contributed by atoms with Gasteiger partial charge in [0.15, 0.2) is 0 Å². The zero-order valence-electron chi connectivity index (χ0n) is 48.8. The fraction of sp³-hybridized carbons (Fsp3) is 0.379. The highest BCUT2D eigenvalue weighted by Crippen LogP contribution is 2.44. The third-order valence-corrected chi connectivity index (χ3v) is 20.8. The first-order valence-corrected chi connectivity index (χ1v) is 32.2. The molecule has 18 heteroatoms. The fourth-order valence-electron chi connectivity index (χ4n) is 12.4. The molecule has 0 N–H and O–H groups in total. The Morgan fingerprint density at radius 3 is 1.65 bits per heavy atom. The molecule has 430 valence electrons. The number of hydrogen-bond donors (Lipinski definition) is 0. The van der Waals surface area contributed by atoms with E-state index in [1.54, 1.807) is 74.0 Å². The quantitative estimate of drug-likeness (QED) is 0.128. The van der Waals surface area contributed by atoms with Crippen LogP contribution in [0.3, 0.4) is 0 Å². The van der Waals surface area contributed by atoms with E-state index in [0.717, 1.165) is 92.5 Å². The molecule has 0 unspecified atom stereocenters. The standard InChI is InChI=1S/C22H26N4O.C17H17N3S.C14H13N3S.C13H15N3OS/c1-25(16-9-10-16)21-20-18-5-3-4-6-19(18)26(22(20)24-14-23-21)13-15-7-11-17(27-2)12-8-15;1-20(12-7-3-2-4-8-12)16-15-13-9-5-6-10-14(13)21-17(15)19-11-18-16;1-17(9-6-7-9)13-12-10-4-2-3-5-11(10)18-14(12)16-8-15-13;1-8(17)16(2)12-11-9-5-3-4-6-10(9)18-13(11)15-7-14-12/h7-8,11-12,14,16H,3-6,9-10,13H2,1-2H3;2-4,7-8,11H,5-6,9-10H2,1H3;2-5,8-9H,6-7H2,1H3;7H,3-6H2,1-2H3. The highest BCUT2D eigenvalue weighted by molar-refractivity contribution is 7.25. The molecule has 3 aromatic carbocycles. The molecule has 84 heavy (non-hydrogen) atoms. The van der Waals surface area contributed by atoms with Crippen LogP contribution in [0.4, 0.5) is 29.0 Å². The number of para-hydroxylation sites is 1. The largest absolute Gasteiger partial charge is 0.497 e. The second-order valence-corrected chi connectivity index (χ2v) is 26.0. The number of benzene rings is 3. The van der Waals surface area contributed by atoms with Gasteiger partial charge in [0.05, 0.1) is 28.7 Å². The second-order valence-electron chi connectivity index (χ2n) is 22.8. The van der Waals surface area contributed by atoms with Gasteiger partial charge in [-0.3, -0.25) is 9.69 Å². The van der Waals surface area contributed by atoms with Crippen LogP contribution in [0.2, 0.25) is 0 Å². The van der Waals surface area contributed by atoms with Gasteiger partial charge >= 0.3 is 0 Å². The Morgan fingerprint density at radius 1 is 0.536 bits per heavy atom. The van der Waals surface area contributed by atoms with Crippen molar-refractivity contribution in [3.05, 3.63) is 142 Å². The minimum atomic E-state index is 0.00533. The maximum atomic E-state index is 11.5. The average molecular weight is 1170 g/mol. The monoisotopic (exact) mass is 1170 g/mol. The summed E-state index contributed by atoms with van der Waals surface area (Å²) in [6, 6.07) is 28.6. The summed E-state index contributed by atoms with van der Waals surface area (Å²) in [4.78, 5) is 62.3. The lowest BCUT2D eigenvalue weighted by Gasteiger charge is -2.20. The SMILES string of the molecule is CC(=O)N(C)c1ncnc2sc3c(c12)CCCC3.CN(c1ccccc1)c1ncnc2sc3c(c12)CCCC3.CN(c1ncnc2sc3ccccc3c12)C1CC1.COc1ccc(Cn2c3c(c4c(N(C)C5CC5)ncnc42)CCCC3)cc1. The van der Waals surface area contributed by atoms with Crippen LogP contribution in [0.25, 0.3) is 51.8 Å². The molecule has 2 saturated carbocycles. The van der Waals surface area contributed by atoms with E-state index in [1.165, 1.54) is 141 Å². The van der Waals surface area contributed by atoms with E-state index in [2.05, 4.69) is 131 Å². The molecule has 5 aliphatic rings. The number of fused-ring (bicyclic) bond motifs is 12. The molecule has 0 spiro atoms. The van der Waals surface area contributed by atoms with E-state index in [-0.39, 0.29) is 5.91 Å². The summed E-state index contributed by atoms with van der Waals surface area (Å²) in [6.45, 7) is 2.41. The van der Waals surface area contributed by atoms with E-state index in [9.17, 15) is 4.79 Å². The average Bonchev–Trinajstić information content (AvgIpc) is 2.95. The van der Waals surface area contributed by atoms with Crippen molar-refractivity contribution in [2.75, 3.05) is 54.9 Å². The molecular formula is C66H71N13O2S3. The van der Waals surface area contributed by atoms with Crippen LogP contribution in [0, 0.1) is 0 Å². The van der Waals surface area contributed by atoms with Crippen molar-refractivity contribution in [3.63, 3.8) is 0 Å². The topological polar surface area (TPSA) is 147 Å². The van der Waals surface area contributed by atoms with Crippen molar-refractivity contribution >= 4 is 121 Å². The van der Waals surface area contributed by atoms with Gasteiger partial charge < -0.3 is 24.0 Å². The molecule has 8 heterocycles. The van der Waals surface area contributed by atoms with Crippen LogP contribution in [0.15, 0.2) is 104 Å². The molecule has 0 bridgehead atoms. The van der Waals surface area contributed by atoms with Crippen LogP contribution >= 0.6 is 34.0 Å². The van der Waals surface area contributed by atoms with Crippen molar-refractivity contribution in [2.24, 2.45) is 0 Å². The number of hydrogen-bond acceptors (Lipinski definition) is 16. The number of carbonyl (C=O) groups is 1. The molecule has 5 aliphatic carbocycles. The Bertz CT molecular complexity index is 4170. The molecule has 15 nitrogen and oxygen atoms in total. The molecular weight excluding hydrogens is 1100 g/mol. The summed E-state index contributed by atoms with van der Waals surface area (Å²) in [5, 5.41) is 6.14. The zero-order valence-corrected chi connectivity index (χ0v) is 51.3. The number of methoxy groups -OCH3 is 1. The summed E-state index contributed by atoms with van der Waals surface area (Å²) < 4.78 is 9.02. The van der Waals surface area contributed by atoms with Crippen LogP contribution in [-0.4, -0.2) is 97.7 Å². The van der Waals surface area contributed by atoms with Gasteiger partial charge in [0.2, 0.25) is 5.91 Å². The normalized spacial score (nSPS) is 15.2. The summed E-state index contributed by atoms with van der Waals surface area (Å²) in [7, 11) is 9.90. The first-order chi connectivity index (χ1) is 41.1. The first-order valence-electron chi connectivity index (χ1n) is 29.7. The maximum absolute atomic E-state index is 11.5. The predicted molar refractivity (Wildman–Crippen MR) is 346 cm³/mol. The van der Waals surface area contributed by atoms with Crippen molar-refractivity contribution in [1.29, 1.82) is 0 Å². The minimum absolute atomic E-state index is 0.00533. The van der Waals surface area contributed by atoms with Crippen molar-refractivity contribution in [2.45, 2.75) is 128 Å². The predicted octanol–water partition coefficient (Wildman–Crippen LogP) is 14.3. The van der Waals surface area contributed by atoms with Gasteiger partial charge in [-0.25, -0.2) is 39.9 Å². The van der Waals surface area contributed by atoms with E-state index < -0.39 is 0 Å². The zero-order chi connectivity index (χ0) is 57.4. The number of aromatic nitrogens is 9. The number of aryl methyl sites for hydroxylation is 5. The number of rotatable bonds is 10. The lowest BCUT2D eigenvalue weighted by molar-refractivity contribution is -0.116. The van der Waals surface area contributed by atoms with E-state index in [1.807, 2.05) is 29.5 Å². The van der Waals surface area contributed by atoms with Gasteiger partial charge in [-0.15, -0.1) is 34.0 Å². The van der Waals surface area contributed by atoms with Gasteiger partial charge in [0, 0.05) is 85.0 Å². The first kappa shape index (κ1) is 55.5. The Balaban J connectivity index is 0.000000106. The number of amides is 1. The molecule has 8 aromatic heterocycles. The number of thiophene rings is 3. The molecule has 11 aromatic rings. The number of anilines is 5. The number of nitrogens with zero attached hydrogens (tertiary/aromatic N) is 13. The van der Waals surface area contributed by atoms with Crippen LogP contribution in [0.1, 0.15) is 109 Å². The lowest BCUT2D eigenvalue weighted by atomic mass is 9.96. The molecule has 0 aliphatic heterocycles. The lowest BCUT2D eigenvalue weighted by Crippen LogP contribution is -2.24. The fourth-order valence-corrected chi connectivity index (χ4v) is 15.9. The van der Waals surface area contributed by atoms with Gasteiger partial charge in [-0.05, 0) is 155 Å². The van der Waals surface area contributed by atoms with E-state index >= 15 is 0 Å². The van der Waals surface area contributed by atoms with Gasteiger partial charge in [-0.1, -0.05) is 48.5 Å². The third kappa shape index (κ3) is 11.0. The Morgan fingerprint density at radius 2 is 1.05 bits per heavy atom. The number of carbonyl (C=O) groups excluding carboxylic acids is 1. The number of ether oxygens (including phenoxy) is 1. The van der Waals surface area contributed by atoms with Crippen LogP contribution in [0.5, 0.6) is 5.75 Å². The van der Waals surface area contributed by atoms with Gasteiger partial charge in [0.1, 0.15) is 74.5 Å². The molecule has 0 atom stereocenters. The summed E-state index contributed by atoms with van der Waals surface area (Å²) in [6.07, 6.45) is 26.2. The summed E-state index contributed by atoms with van der Waals surface area (Å²) >= 11 is 5.35. The molecule has 1 amide bonds. The Hall–Kier alpha value is -7.67. The summed E-state index contributed by atoms with van der Waals surface area (Å²) in [5.74, 6) is 4.89.